The molecule has 2 rings (SSSR count). The van der Waals surface area contributed by atoms with Crippen molar-refractivity contribution in [1.82, 2.24) is 0 Å². The average Bonchev–Trinajstić information content (AvgIpc) is 2.43. The van der Waals surface area contributed by atoms with Crippen molar-refractivity contribution in [2.75, 3.05) is 5.32 Å². The zero-order chi connectivity index (χ0) is 15.4. The first-order chi connectivity index (χ1) is 9.95. The minimum Gasteiger partial charge on any atom is -0.427 e. The summed E-state index contributed by atoms with van der Waals surface area (Å²) in [6.45, 7) is 5.36. The normalized spacial score (nSPS) is 10.0. The lowest BCUT2D eigenvalue weighted by molar-refractivity contribution is -0.131. The highest BCUT2D eigenvalue weighted by molar-refractivity contribution is 6.04. The summed E-state index contributed by atoms with van der Waals surface area (Å²) in [7, 11) is 0. The molecule has 0 unspecified atom stereocenters. The topological polar surface area (TPSA) is 55.4 Å². The van der Waals surface area contributed by atoms with Gasteiger partial charge in [0.1, 0.15) is 5.75 Å². The highest BCUT2D eigenvalue weighted by atomic mass is 16.5. The van der Waals surface area contributed by atoms with E-state index in [1.54, 1.807) is 24.3 Å². The third-order valence-corrected chi connectivity index (χ3v) is 3.14. The minimum absolute atomic E-state index is 0.201. The maximum atomic E-state index is 12.1. The summed E-state index contributed by atoms with van der Waals surface area (Å²) in [5, 5.41) is 2.84. The zero-order valence-electron chi connectivity index (χ0n) is 12.3. The molecule has 2 aromatic rings. The van der Waals surface area contributed by atoms with E-state index in [4.69, 9.17) is 4.74 Å². The van der Waals surface area contributed by atoms with Crippen molar-refractivity contribution in [3.05, 3.63) is 59.2 Å². The number of esters is 1. The van der Waals surface area contributed by atoms with Gasteiger partial charge in [-0.3, -0.25) is 9.59 Å². The van der Waals surface area contributed by atoms with E-state index >= 15 is 0 Å². The van der Waals surface area contributed by atoms with Gasteiger partial charge in [-0.2, -0.15) is 0 Å². The summed E-state index contributed by atoms with van der Waals surface area (Å²) in [6, 6.07) is 12.2. The molecule has 4 nitrogen and oxygen atoms in total. The number of hydrogen-bond donors (Lipinski definition) is 1. The predicted molar refractivity (Wildman–Crippen MR) is 81.6 cm³/mol. The maximum Gasteiger partial charge on any atom is 0.308 e. The van der Waals surface area contributed by atoms with E-state index in [9.17, 15) is 9.59 Å². The fourth-order valence-corrected chi connectivity index (χ4v) is 1.86. The quantitative estimate of drug-likeness (QED) is 0.693. The number of ether oxygens (including phenoxy) is 1. The van der Waals surface area contributed by atoms with E-state index in [1.165, 1.54) is 12.5 Å². The van der Waals surface area contributed by atoms with Crippen LogP contribution in [0.25, 0.3) is 0 Å². The molecule has 0 spiro atoms. The minimum atomic E-state index is -0.387. The van der Waals surface area contributed by atoms with Gasteiger partial charge in [0.15, 0.2) is 0 Å². The largest absolute Gasteiger partial charge is 0.427 e. The molecule has 0 saturated heterocycles. The molecule has 108 valence electrons. The number of hydrogen-bond acceptors (Lipinski definition) is 3. The third kappa shape index (κ3) is 3.92. The van der Waals surface area contributed by atoms with Crippen LogP contribution in [0.3, 0.4) is 0 Å². The Morgan fingerprint density at radius 3 is 2.19 bits per heavy atom. The fourth-order valence-electron chi connectivity index (χ4n) is 1.86. The average molecular weight is 283 g/mol. The van der Waals surface area contributed by atoms with E-state index in [-0.39, 0.29) is 11.9 Å². The summed E-state index contributed by atoms with van der Waals surface area (Å²) in [4.78, 5) is 23.0. The lowest BCUT2D eigenvalue weighted by atomic mass is 10.1. The highest BCUT2D eigenvalue weighted by Crippen LogP contribution is 2.17. The number of anilines is 1. The van der Waals surface area contributed by atoms with Crippen LogP contribution in [0.2, 0.25) is 0 Å². The summed E-state index contributed by atoms with van der Waals surface area (Å²) in [6.07, 6.45) is 0. The monoisotopic (exact) mass is 283 g/mol. The van der Waals surface area contributed by atoms with Gasteiger partial charge in [0.05, 0.1) is 0 Å². The van der Waals surface area contributed by atoms with Crippen LogP contribution in [-0.4, -0.2) is 11.9 Å². The summed E-state index contributed by atoms with van der Waals surface area (Å²) in [5.74, 6) is -0.166. The van der Waals surface area contributed by atoms with Crippen LogP contribution in [0.5, 0.6) is 5.75 Å². The van der Waals surface area contributed by atoms with E-state index in [2.05, 4.69) is 5.32 Å². The lowest BCUT2D eigenvalue weighted by Crippen LogP contribution is -2.12. The van der Waals surface area contributed by atoms with Gasteiger partial charge in [0.25, 0.3) is 5.91 Å². The number of carbonyl (C=O) groups excluding carboxylic acids is 2. The van der Waals surface area contributed by atoms with Crippen LogP contribution < -0.4 is 10.1 Å². The van der Waals surface area contributed by atoms with Gasteiger partial charge in [-0.25, -0.2) is 0 Å². The first kappa shape index (κ1) is 14.8. The van der Waals surface area contributed by atoms with Crippen molar-refractivity contribution in [3.63, 3.8) is 0 Å². The smallest absolute Gasteiger partial charge is 0.308 e. The van der Waals surface area contributed by atoms with Gasteiger partial charge in [-0.1, -0.05) is 6.07 Å². The summed E-state index contributed by atoms with van der Waals surface area (Å²) < 4.78 is 4.93. The SMILES string of the molecule is CC(=O)Oc1ccc(C(=O)Nc2ccc(C)c(C)c2)cc1. The molecule has 1 N–H and O–H groups in total. The van der Waals surface area contributed by atoms with Crippen molar-refractivity contribution in [2.24, 2.45) is 0 Å². The molecule has 2 aromatic carbocycles. The molecule has 0 aliphatic carbocycles. The molecule has 0 aromatic heterocycles. The molecule has 0 radical (unpaired) electrons. The molecule has 0 saturated carbocycles. The van der Waals surface area contributed by atoms with Crippen molar-refractivity contribution < 1.29 is 14.3 Å². The molecular formula is C17H17NO3. The predicted octanol–water partition coefficient (Wildman–Crippen LogP) is 3.48. The van der Waals surface area contributed by atoms with Crippen molar-refractivity contribution in [3.8, 4) is 5.75 Å². The summed E-state index contributed by atoms with van der Waals surface area (Å²) >= 11 is 0. The number of amides is 1. The molecule has 0 bridgehead atoms. The van der Waals surface area contributed by atoms with Gasteiger partial charge < -0.3 is 10.1 Å². The second-order valence-electron chi connectivity index (χ2n) is 4.87. The van der Waals surface area contributed by atoms with Gasteiger partial charge in [-0.15, -0.1) is 0 Å². The molecule has 0 heterocycles. The second kappa shape index (κ2) is 6.22. The fraction of sp³-hybridized carbons (Fsp3) is 0.176. The number of aryl methyl sites for hydroxylation is 2. The van der Waals surface area contributed by atoms with Crippen LogP contribution in [0.15, 0.2) is 42.5 Å². The lowest BCUT2D eigenvalue weighted by Gasteiger charge is -2.08. The second-order valence-corrected chi connectivity index (χ2v) is 4.87. The van der Waals surface area contributed by atoms with Crippen molar-refractivity contribution in [1.29, 1.82) is 0 Å². The van der Waals surface area contributed by atoms with Crippen molar-refractivity contribution in [2.45, 2.75) is 20.8 Å². The maximum absolute atomic E-state index is 12.1. The highest BCUT2D eigenvalue weighted by Gasteiger charge is 2.07. The Morgan fingerprint density at radius 1 is 0.952 bits per heavy atom. The number of nitrogens with one attached hydrogen (secondary N) is 1. The molecule has 0 aliphatic rings. The number of rotatable bonds is 3. The van der Waals surface area contributed by atoms with E-state index in [0.29, 0.717) is 11.3 Å². The molecule has 21 heavy (non-hydrogen) atoms. The standard InChI is InChI=1S/C17H17NO3/c1-11-4-7-15(10-12(11)2)18-17(20)14-5-8-16(9-6-14)21-13(3)19/h4-10H,1-3H3,(H,18,20). The van der Waals surface area contributed by atoms with Crippen LogP contribution in [0.1, 0.15) is 28.4 Å². The van der Waals surface area contributed by atoms with E-state index < -0.39 is 0 Å². The molecule has 1 amide bonds. The summed E-state index contributed by atoms with van der Waals surface area (Å²) in [5.41, 5.74) is 3.56. The Labute approximate surface area is 123 Å². The Bertz CT molecular complexity index is 675. The molecule has 0 aliphatic heterocycles. The van der Waals surface area contributed by atoms with Crippen LogP contribution in [0, 0.1) is 13.8 Å². The molecule has 0 atom stereocenters. The molecule has 0 fully saturated rings. The first-order valence-corrected chi connectivity index (χ1v) is 6.63. The first-order valence-electron chi connectivity index (χ1n) is 6.63. The van der Waals surface area contributed by atoms with Gasteiger partial charge in [0, 0.05) is 18.2 Å². The zero-order valence-corrected chi connectivity index (χ0v) is 12.3. The number of benzene rings is 2. The van der Waals surface area contributed by atoms with Gasteiger partial charge >= 0.3 is 5.97 Å². The Kier molecular flexibility index (Phi) is 4.38. The Balaban J connectivity index is 2.09. The van der Waals surface area contributed by atoms with Gasteiger partial charge in [-0.05, 0) is 61.4 Å². The molecular weight excluding hydrogens is 266 g/mol. The van der Waals surface area contributed by atoms with Crippen molar-refractivity contribution >= 4 is 17.6 Å². The van der Waals surface area contributed by atoms with Crippen LogP contribution in [0.4, 0.5) is 5.69 Å². The van der Waals surface area contributed by atoms with Crippen LogP contribution >= 0.6 is 0 Å². The third-order valence-electron chi connectivity index (χ3n) is 3.14. The van der Waals surface area contributed by atoms with E-state index in [1.807, 2.05) is 32.0 Å². The van der Waals surface area contributed by atoms with Gasteiger partial charge in [0.2, 0.25) is 0 Å². The Hall–Kier alpha value is -2.62. The Morgan fingerprint density at radius 2 is 1.62 bits per heavy atom. The van der Waals surface area contributed by atoms with E-state index in [0.717, 1.165) is 11.3 Å². The molecule has 4 heteroatoms. The number of carbonyl (C=O) groups is 2. The van der Waals surface area contributed by atoms with Crippen LogP contribution in [-0.2, 0) is 4.79 Å².